The number of imidazole rings is 1. The summed E-state index contributed by atoms with van der Waals surface area (Å²) in [5.74, 6) is -0.285. The zero-order chi connectivity index (χ0) is 24.8. The first-order valence-electron chi connectivity index (χ1n) is 10.1. The lowest BCUT2D eigenvalue weighted by molar-refractivity contribution is -0.144. The minimum absolute atomic E-state index is 0.000431. The topological polar surface area (TPSA) is 119 Å². The van der Waals surface area contributed by atoms with E-state index in [-0.39, 0.29) is 38.8 Å². The summed E-state index contributed by atoms with van der Waals surface area (Å²) >= 11 is 0. The molecule has 178 valence electrons. The molecule has 0 atom stereocenters. The molecule has 3 aromatic rings. The van der Waals surface area contributed by atoms with Crippen molar-refractivity contribution in [3.63, 3.8) is 0 Å². The maximum Gasteiger partial charge on any atom is 0.431 e. The van der Waals surface area contributed by atoms with Gasteiger partial charge in [0.25, 0.3) is 0 Å². The number of rotatable bonds is 6. The summed E-state index contributed by atoms with van der Waals surface area (Å²) in [6.45, 7) is 1.42. The van der Waals surface area contributed by atoms with Crippen LogP contribution in [-0.4, -0.2) is 40.9 Å². The Hall–Kier alpha value is -3.66. The van der Waals surface area contributed by atoms with Gasteiger partial charge in [-0.1, -0.05) is 24.2 Å². The van der Waals surface area contributed by atoms with Gasteiger partial charge in [0.05, 0.1) is 16.3 Å². The average molecular weight is 493 g/mol. The van der Waals surface area contributed by atoms with Crippen molar-refractivity contribution >= 4 is 21.2 Å². The highest BCUT2D eigenvalue weighted by molar-refractivity contribution is 7.91. The predicted molar refractivity (Wildman–Crippen MR) is 115 cm³/mol. The maximum atomic E-state index is 13.6. The van der Waals surface area contributed by atoms with Crippen molar-refractivity contribution in [2.24, 2.45) is 5.16 Å². The van der Waals surface area contributed by atoms with Gasteiger partial charge >= 0.3 is 11.9 Å². The Morgan fingerprint density at radius 1 is 1.32 bits per heavy atom. The molecule has 1 aliphatic carbocycles. The van der Waals surface area contributed by atoms with Crippen LogP contribution in [0.15, 0.2) is 45.3 Å². The highest BCUT2D eigenvalue weighted by atomic mass is 32.2. The minimum atomic E-state index is -4.76. The summed E-state index contributed by atoms with van der Waals surface area (Å²) in [5, 5.41) is 12.9. The lowest BCUT2D eigenvalue weighted by Crippen LogP contribution is -2.31. The molecule has 13 heteroatoms. The lowest BCUT2D eigenvalue weighted by atomic mass is 10.1. The van der Waals surface area contributed by atoms with Crippen molar-refractivity contribution in [3.8, 4) is 17.3 Å². The van der Waals surface area contributed by atoms with E-state index >= 15 is 0 Å². The summed E-state index contributed by atoms with van der Waals surface area (Å²) in [6.07, 6.45) is -2.63. The van der Waals surface area contributed by atoms with Crippen molar-refractivity contribution in [3.05, 3.63) is 52.2 Å². The van der Waals surface area contributed by atoms with E-state index < -0.39 is 33.4 Å². The second-order valence-corrected chi connectivity index (χ2v) is 9.86. The average Bonchev–Trinajstić information content (AvgIpc) is 3.53. The molecular formula is C21H18F3N5O4S. The van der Waals surface area contributed by atoms with Crippen LogP contribution in [0.2, 0.25) is 0 Å². The second kappa shape index (κ2) is 8.28. The number of fused-ring (bicyclic) bond motifs is 1. The maximum absolute atomic E-state index is 13.6. The van der Waals surface area contributed by atoms with E-state index in [1.165, 1.54) is 38.4 Å². The highest BCUT2D eigenvalue weighted by Gasteiger charge is 2.40. The molecule has 1 aliphatic rings. The number of nitriles is 1. The number of sulfone groups is 1. The van der Waals surface area contributed by atoms with Crippen LogP contribution < -0.4 is 5.69 Å². The Morgan fingerprint density at radius 3 is 2.59 bits per heavy atom. The SMILES string of the molecule is CCS(=O)(=O)c1cc(/C(C#N)=N/OC)ccc1-c1cn2c(=O)n(C3CC3)c(C(F)(F)F)cc2n1. The normalized spacial score (nSPS) is 14.9. The number of hydrogen-bond acceptors (Lipinski definition) is 7. The number of benzene rings is 1. The molecule has 0 saturated heterocycles. The quantitative estimate of drug-likeness (QED) is 0.384. The van der Waals surface area contributed by atoms with E-state index in [0.717, 1.165) is 10.5 Å². The molecular weight excluding hydrogens is 475 g/mol. The number of oxime groups is 1. The van der Waals surface area contributed by atoms with Crippen LogP contribution in [0.5, 0.6) is 0 Å². The fourth-order valence-corrected chi connectivity index (χ4v) is 4.74. The number of aromatic nitrogens is 3. The Kier molecular flexibility index (Phi) is 5.72. The van der Waals surface area contributed by atoms with Gasteiger partial charge in [-0.3, -0.25) is 8.97 Å². The first kappa shape index (κ1) is 23.5. The van der Waals surface area contributed by atoms with Crippen LogP contribution in [0, 0.1) is 11.3 Å². The lowest BCUT2D eigenvalue weighted by Gasteiger charge is -2.14. The van der Waals surface area contributed by atoms with Crippen molar-refractivity contribution in [2.45, 2.75) is 36.9 Å². The van der Waals surface area contributed by atoms with Crippen LogP contribution in [-0.2, 0) is 20.9 Å². The number of nitrogens with zero attached hydrogens (tertiary/aromatic N) is 5. The van der Waals surface area contributed by atoms with Gasteiger partial charge in [-0.2, -0.15) is 18.4 Å². The van der Waals surface area contributed by atoms with Crippen LogP contribution in [0.3, 0.4) is 0 Å². The van der Waals surface area contributed by atoms with Gasteiger partial charge in [0.2, 0.25) is 0 Å². The molecule has 0 N–H and O–H groups in total. The number of alkyl halides is 3. The fourth-order valence-electron chi connectivity index (χ4n) is 3.62. The van der Waals surface area contributed by atoms with Gasteiger partial charge in [-0.25, -0.2) is 18.2 Å². The largest absolute Gasteiger partial charge is 0.431 e. The number of hydrogen-bond donors (Lipinski definition) is 0. The summed E-state index contributed by atoms with van der Waals surface area (Å²) in [6, 6.07) is 6.05. The first-order valence-corrected chi connectivity index (χ1v) is 11.8. The van der Waals surface area contributed by atoms with Gasteiger partial charge in [-0.15, -0.1) is 0 Å². The Morgan fingerprint density at radius 2 is 2.03 bits per heavy atom. The molecule has 34 heavy (non-hydrogen) atoms. The van der Waals surface area contributed by atoms with Crippen molar-refractivity contribution in [2.75, 3.05) is 12.9 Å². The third-order valence-corrected chi connectivity index (χ3v) is 7.18. The molecule has 0 spiro atoms. The molecule has 0 unspecified atom stereocenters. The molecule has 1 fully saturated rings. The standard InChI is InChI=1S/C21H18F3N5O4S/c1-3-34(31,32)17-8-12(15(10-25)27-33-2)4-7-14(17)16-11-28-19(26-16)9-18(21(22,23)24)29(20(28)30)13-5-6-13/h4,7-9,11,13H,3,5-6H2,1-2H3/b27-15+. The van der Waals surface area contributed by atoms with E-state index in [1.54, 1.807) is 6.07 Å². The molecule has 1 aromatic carbocycles. The molecule has 2 heterocycles. The fraction of sp³-hybridized carbons (Fsp3) is 0.333. The summed E-state index contributed by atoms with van der Waals surface area (Å²) in [4.78, 5) is 21.5. The Labute approximate surface area is 191 Å². The van der Waals surface area contributed by atoms with Crippen molar-refractivity contribution in [1.82, 2.24) is 14.0 Å². The molecule has 0 radical (unpaired) electrons. The first-order chi connectivity index (χ1) is 16.0. The van der Waals surface area contributed by atoms with E-state index in [2.05, 4.69) is 15.0 Å². The Bertz CT molecular complexity index is 1530. The summed E-state index contributed by atoms with van der Waals surface area (Å²) in [5.41, 5.74) is -2.18. The molecule has 0 amide bonds. The molecule has 2 aromatic heterocycles. The highest BCUT2D eigenvalue weighted by Crippen LogP contribution is 2.39. The third kappa shape index (κ3) is 4.05. The predicted octanol–water partition coefficient (Wildman–Crippen LogP) is 3.18. The van der Waals surface area contributed by atoms with Crippen LogP contribution in [0.4, 0.5) is 13.2 Å². The van der Waals surface area contributed by atoms with Crippen LogP contribution in [0.1, 0.15) is 37.1 Å². The van der Waals surface area contributed by atoms with Gasteiger partial charge in [0.1, 0.15) is 24.5 Å². The van der Waals surface area contributed by atoms with Gasteiger partial charge in [0, 0.05) is 29.4 Å². The monoisotopic (exact) mass is 493 g/mol. The summed E-state index contributed by atoms with van der Waals surface area (Å²) < 4.78 is 68.3. The zero-order valence-corrected chi connectivity index (χ0v) is 18.8. The van der Waals surface area contributed by atoms with Gasteiger partial charge < -0.3 is 4.84 Å². The van der Waals surface area contributed by atoms with Crippen molar-refractivity contribution < 1.29 is 26.4 Å². The van der Waals surface area contributed by atoms with Crippen LogP contribution >= 0.6 is 0 Å². The van der Waals surface area contributed by atoms with E-state index in [0.29, 0.717) is 17.4 Å². The molecule has 1 saturated carbocycles. The van der Waals surface area contributed by atoms with Crippen LogP contribution in [0.25, 0.3) is 16.9 Å². The minimum Gasteiger partial charge on any atom is -0.398 e. The van der Waals surface area contributed by atoms with Gasteiger partial charge in [-0.05, 0) is 18.9 Å². The third-order valence-electron chi connectivity index (χ3n) is 5.41. The zero-order valence-electron chi connectivity index (χ0n) is 18.0. The van der Waals surface area contributed by atoms with E-state index in [9.17, 15) is 31.6 Å². The van der Waals surface area contributed by atoms with E-state index in [4.69, 9.17) is 0 Å². The molecule has 0 bridgehead atoms. The number of halogens is 3. The molecule has 4 rings (SSSR count). The van der Waals surface area contributed by atoms with Crippen molar-refractivity contribution in [1.29, 1.82) is 5.26 Å². The van der Waals surface area contributed by atoms with Gasteiger partial charge in [0.15, 0.2) is 15.5 Å². The second-order valence-electron chi connectivity index (χ2n) is 7.61. The summed E-state index contributed by atoms with van der Waals surface area (Å²) in [7, 11) is -2.63. The Balaban J connectivity index is 1.97. The smallest absolute Gasteiger partial charge is 0.398 e. The van der Waals surface area contributed by atoms with E-state index in [1.807, 2.05) is 0 Å². The molecule has 0 aliphatic heterocycles. The molecule has 9 nitrogen and oxygen atoms in total.